The number of rotatable bonds is 2. The van der Waals surface area contributed by atoms with E-state index in [1.54, 1.807) is 4.90 Å². The van der Waals surface area contributed by atoms with Crippen LogP contribution in [-0.4, -0.2) is 52.1 Å². The van der Waals surface area contributed by atoms with Crippen LogP contribution >= 0.6 is 0 Å². The van der Waals surface area contributed by atoms with Gasteiger partial charge in [0.05, 0.1) is 0 Å². The molecule has 1 N–H and O–H groups in total. The number of carbonyl (C=O) groups excluding carboxylic acids is 1. The smallest absolute Gasteiger partial charge is 0.323 e. The van der Waals surface area contributed by atoms with Gasteiger partial charge in [-0.2, -0.15) is 0 Å². The van der Waals surface area contributed by atoms with E-state index in [1.807, 2.05) is 20.8 Å². The summed E-state index contributed by atoms with van der Waals surface area (Å²) in [6.45, 7) is 13.5. The average molecular weight is 298 g/mol. The summed E-state index contributed by atoms with van der Waals surface area (Å²) in [5, 5.41) is 9.03. The van der Waals surface area contributed by atoms with Gasteiger partial charge in [-0.3, -0.25) is 4.79 Å². The summed E-state index contributed by atoms with van der Waals surface area (Å²) in [6, 6.07) is -0.155. The van der Waals surface area contributed by atoms with Gasteiger partial charge in [-0.1, -0.05) is 20.8 Å². The molecule has 1 rings (SSSR count). The Labute approximate surface area is 128 Å². The zero-order valence-electron chi connectivity index (χ0n) is 14.3. The molecule has 0 aromatic rings. The molecular formula is C16H30N2O3. The number of hydrogen-bond donors (Lipinski definition) is 1. The summed E-state index contributed by atoms with van der Waals surface area (Å²) < 4.78 is 0. The van der Waals surface area contributed by atoms with Gasteiger partial charge in [-0.05, 0) is 44.9 Å². The van der Waals surface area contributed by atoms with Gasteiger partial charge in [0.15, 0.2) is 0 Å². The number of nitrogens with zero attached hydrogens (tertiary/aromatic N) is 2. The molecule has 1 fully saturated rings. The molecule has 0 atom stereocenters. The molecule has 0 unspecified atom stereocenters. The Balaban J connectivity index is 2.72. The summed E-state index contributed by atoms with van der Waals surface area (Å²) in [4.78, 5) is 26.9. The van der Waals surface area contributed by atoms with E-state index >= 15 is 0 Å². The van der Waals surface area contributed by atoms with Crippen molar-refractivity contribution in [2.45, 2.75) is 59.9 Å². The zero-order valence-corrected chi connectivity index (χ0v) is 14.3. The third kappa shape index (κ3) is 4.90. The van der Waals surface area contributed by atoms with Crippen LogP contribution in [0.5, 0.6) is 0 Å². The van der Waals surface area contributed by atoms with Crippen LogP contribution in [0.25, 0.3) is 0 Å². The lowest BCUT2D eigenvalue weighted by Gasteiger charge is -2.43. The van der Waals surface area contributed by atoms with E-state index in [4.69, 9.17) is 5.11 Å². The summed E-state index contributed by atoms with van der Waals surface area (Å²) in [7, 11) is 0. The van der Waals surface area contributed by atoms with Crippen molar-refractivity contribution >= 4 is 12.0 Å². The Hall–Kier alpha value is -1.26. The van der Waals surface area contributed by atoms with E-state index in [0.717, 1.165) is 12.8 Å². The molecule has 1 saturated heterocycles. The van der Waals surface area contributed by atoms with Crippen LogP contribution in [0.2, 0.25) is 0 Å². The van der Waals surface area contributed by atoms with Gasteiger partial charge in [0, 0.05) is 18.6 Å². The largest absolute Gasteiger partial charge is 0.480 e. The quantitative estimate of drug-likeness (QED) is 0.852. The third-order valence-electron chi connectivity index (χ3n) is 4.32. The molecular weight excluding hydrogens is 268 g/mol. The van der Waals surface area contributed by atoms with Crippen LogP contribution in [-0.2, 0) is 4.79 Å². The van der Waals surface area contributed by atoms with Gasteiger partial charge in [0.2, 0.25) is 0 Å². The number of amides is 2. The molecule has 1 heterocycles. The van der Waals surface area contributed by atoms with Crippen molar-refractivity contribution in [1.29, 1.82) is 0 Å². The van der Waals surface area contributed by atoms with Crippen LogP contribution in [0.4, 0.5) is 4.79 Å². The Kier molecular flexibility index (Phi) is 5.29. The molecule has 5 heteroatoms. The van der Waals surface area contributed by atoms with Gasteiger partial charge in [0.25, 0.3) is 0 Å². The number of piperidine rings is 1. The lowest BCUT2D eigenvalue weighted by atomic mass is 9.75. The number of likely N-dealkylation sites (tertiary alicyclic amines) is 1. The minimum absolute atomic E-state index is 0.155. The molecule has 0 saturated carbocycles. The number of carbonyl (C=O) groups is 2. The third-order valence-corrected chi connectivity index (χ3v) is 4.32. The maximum absolute atomic E-state index is 12.6. The van der Waals surface area contributed by atoms with Crippen molar-refractivity contribution in [3.8, 4) is 0 Å². The first-order valence-corrected chi connectivity index (χ1v) is 7.71. The molecule has 0 aromatic carbocycles. The molecule has 0 radical (unpaired) electrons. The summed E-state index contributed by atoms with van der Waals surface area (Å²) >= 11 is 0. The minimum Gasteiger partial charge on any atom is -0.480 e. The fourth-order valence-corrected chi connectivity index (χ4v) is 2.83. The van der Waals surface area contributed by atoms with E-state index in [-0.39, 0.29) is 18.0 Å². The van der Waals surface area contributed by atoms with E-state index in [2.05, 4.69) is 20.8 Å². The minimum atomic E-state index is -0.970. The molecule has 1 aliphatic heterocycles. The maximum Gasteiger partial charge on any atom is 0.323 e. The highest BCUT2D eigenvalue weighted by Crippen LogP contribution is 2.34. The highest BCUT2D eigenvalue weighted by atomic mass is 16.4. The lowest BCUT2D eigenvalue weighted by Crippen LogP contribution is -2.55. The fourth-order valence-electron chi connectivity index (χ4n) is 2.83. The fraction of sp³-hybridized carbons (Fsp3) is 0.875. The van der Waals surface area contributed by atoms with Gasteiger partial charge in [-0.15, -0.1) is 0 Å². The molecule has 5 nitrogen and oxygen atoms in total. The van der Waals surface area contributed by atoms with Gasteiger partial charge >= 0.3 is 12.0 Å². The van der Waals surface area contributed by atoms with Gasteiger partial charge < -0.3 is 14.9 Å². The second-order valence-electron chi connectivity index (χ2n) is 8.06. The van der Waals surface area contributed by atoms with Gasteiger partial charge in [0.1, 0.15) is 6.54 Å². The topological polar surface area (TPSA) is 60.9 Å². The molecule has 2 amide bonds. The first-order valence-electron chi connectivity index (χ1n) is 7.71. The van der Waals surface area contributed by atoms with Crippen molar-refractivity contribution in [2.24, 2.45) is 11.3 Å². The van der Waals surface area contributed by atoms with Crippen molar-refractivity contribution in [3.63, 3.8) is 0 Å². The normalized spacial score (nSPS) is 17.7. The Morgan fingerprint density at radius 2 is 1.57 bits per heavy atom. The Morgan fingerprint density at radius 3 is 1.90 bits per heavy atom. The lowest BCUT2D eigenvalue weighted by molar-refractivity contribution is -0.138. The van der Waals surface area contributed by atoms with E-state index in [1.165, 1.54) is 4.90 Å². The average Bonchev–Trinajstić information content (AvgIpc) is 2.33. The number of aliphatic carboxylic acids is 1. The number of carboxylic acids is 1. The Morgan fingerprint density at radius 1 is 1.10 bits per heavy atom. The molecule has 122 valence electrons. The van der Waals surface area contributed by atoms with Crippen LogP contribution in [0.3, 0.4) is 0 Å². The molecule has 0 spiro atoms. The molecule has 0 bridgehead atoms. The van der Waals surface area contributed by atoms with Crippen LogP contribution in [0, 0.1) is 11.3 Å². The SMILES string of the molecule is CC(C)(C)C1CCN(C(=O)N(CC(=O)O)C(C)(C)C)CC1. The second kappa shape index (κ2) is 6.24. The number of carboxylic acid groups (broad SMARTS) is 1. The van der Waals surface area contributed by atoms with Crippen molar-refractivity contribution in [2.75, 3.05) is 19.6 Å². The Bertz CT molecular complexity index is 385. The van der Waals surface area contributed by atoms with E-state index in [0.29, 0.717) is 19.0 Å². The summed E-state index contributed by atoms with van der Waals surface area (Å²) in [5.41, 5.74) is -0.226. The van der Waals surface area contributed by atoms with Crippen LogP contribution in [0.15, 0.2) is 0 Å². The summed E-state index contributed by atoms with van der Waals surface area (Å²) in [6.07, 6.45) is 1.97. The first-order chi connectivity index (χ1) is 9.43. The maximum atomic E-state index is 12.6. The van der Waals surface area contributed by atoms with Crippen LogP contribution in [0.1, 0.15) is 54.4 Å². The van der Waals surface area contributed by atoms with Crippen molar-refractivity contribution in [1.82, 2.24) is 9.80 Å². The highest BCUT2D eigenvalue weighted by molar-refractivity contribution is 5.81. The van der Waals surface area contributed by atoms with Crippen LogP contribution < -0.4 is 0 Å². The monoisotopic (exact) mass is 298 g/mol. The predicted octanol–water partition coefficient (Wildman–Crippen LogP) is 3.05. The second-order valence-corrected chi connectivity index (χ2v) is 8.06. The number of urea groups is 1. The van der Waals surface area contributed by atoms with Crippen molar-refractivity contribution < 1.29 is 14.7 Å². The standard InChI is InChI=1S/C16H30N2O3/c1-15(2,3)12-7-9-17(10-8-12)14(21)18(11-13(19)20)16(4,5)6/h12H,7-11H2,1-6H3,(H,19,20). The van der Waals surface area contributed by atoms with Gasteiger partial charge in [-0.25, -0.2) is 4.79 Å². The molecule has 21 heavy (non-hydrogen) atoms. The first kappa shape index (κ1) is 17.8. The van der Waals surface area contributed by atoms with E-state index in [9.17, 15) is 9.59 Å². The number of hydrogen-bond acceptors (Lipinski definition) is 2. The predicted molar refractivity (Wildman–Crippen MR) is 83.2 cm³/mol. The van der Waals surface area contributed by atoms with Crippen molar-refractivity contribution in [3.05, 3.63) is 0 Å². The molecule has 1 aliphatic rings. The van der Waals surface area contributed by atoms with E-state index < -0.39 is 11.5 Å². The molecule has 0 aliphatic carbocycles. The molecule has 0 aromatic heterocycles. The zero-order chi connectivity index (χ0) is 16.4. The highest BCUT2D eigenvalue weighted by Gasteiger charge is 2.35. The summed E-state index contributed by atoms with van der Waals surface area (Å²) in [5.74, 6) is -0.355.